The van der Waals surface area contributed by atoms with Gasteiger partial charge in [-0.15, -0.1) is 24.0 Å². The molecule has 0 aromatic carbocycles. The summed E-state index contributed by atoms with van der Waals surface area (Å²) < 4.78 is 11.0. The summed E-state index contributed by atoms with van der Waals surface area (Å²) in [5, 5.41) is 17.0. The molecular weight excluding hydrogens is 433 g/mol. The standard InChI is InChI=1S/C18H33N3O3.HI/c1-6-19-17(20-11-10-15(14(3)4)23-7-2)21-13-18(5,22)16-9-8-12-24-16;/h8-9,12,14-15,22H,6-7,10-11,13H2,1-5H3,(H2,19,20,21);1H. The first kappa shape index (κ1) is 24.2. The van der Waals surface area contributed by atoms with Crippen molar-refractivity contribution in [1.82, 2.24) is 10.6 Å². The fourth-order valence-electron chi connectivity index (χ4n) is 2.39. The maximum atomic E-state index is 10.5. The van der Waals surface area contributed by atoms with Crippen molar-refractivity contribution in [3.8, 4) is 0 Å². The van der Waals surface area contributed by atoms with Gasteiger partial charge in [-0.25, -0.2) is 4.99 Å². The number of nitrogens with zero attached hydrogens (tertiary/aromatic N) is 1. The quantitative estimate of drug-likeness (QED) is 0.280. The Kier molecular flexibility index (Phi) is 12.1. The zero-order valence-corrected chi connectivity index (χ0v) is 18.4. The molecule has 6 nitrogen and oxygen atoms in total. The van der Waals surface area contributed by atoms with E-state index in [1.165, 1.54) is 0 Å². The fraction of sp³-hybridized carbons (Fsp3) is 0.722. The SMILES string of the molecule is CCNC(=NCC(C)(O)c1ccco1)NCCC(OCC)C(C)C.I. The van der Waals surface area contributed by atoms with Crippen LogP contribution in [-0.2, 0) is 10.3 Å². The molecular formula is C18H34IN3O3. The summed E-state index contributed by atoms with van der Waals surface area (Å²) in [5.41, 5.74) is -1.13. The number of hydrogen-bond acceptors (Lipinski definition) is 4. The van der Waals surface area contributed by atoms with Gasteiger partial charge in [0.1, 0.15) is 11.4 Å². The second-order valence-corrected chi connectivity index (χ2v) is 6.40. The first-order valence-electron chi connectivity index (χ1n) is 8.80. The zero-order valence-electron chi connectivity index (χ0n) is 16.0. The minimum Gasteiger partial charge on any atom is -0.466 e. The highest BCUT2D eigenvalue weighted by atomic mass is 127. The van der Waals surface area contributed by atoms with E-state index in [0.717, 1.165) is 26.1 Å². The van der Waals surface area contributed by atoms with Gasteiger partial charge >= 0.3 is 0 Å². The van der Waals surface area contributed by atoms with Crippen LogP contribution in [0.2, 0.25) is 0 Å². The van der Waals surface area contributed by atoms with E-state index in [2.05, 4.69) is 29.5 Å². The molecule has 0 aliphatic heterocycles. The van der Waals surface area contributed by atoms with E-state index in [9.17, 15) is 5.11 Å². The Morgan fingerprint density at radius 3 is 2.60 bits per heavy atom. The number of halogens is 1. The summed E-state index contributed by atoms with van der Waals surface area (Å²) in [7, 11) is 0. The van der Waals surface area contributed by atoms with Gasteiger partial charge in [0.15, 0.2) is 5.96 Å². The zero-order chi connectivity index (χ0) is 18.0. The number of aliphatic hydroxyl groups is 1. The lowest BCUT2D eigenvalue weighted by atomic mass is 10.0. The summed E-state index contributed by atoms with van der Waals surface area (Å²) in [5.74, 6) is 1.67. The van der Waals surface area contributed by atoms with Crippen LogP contribution in [0, 0.1) is 5.92 Å². The molecule has 0 saturated heterocycles. The summed E-state index contributed by atoms with van der Waals surface area (Å²) in [6.45, 7) is 12.5. The maximum absolute atomic E-state index is 10.5. The predicted molar refractivity (Wildman–Crippen MR) is 113 cm³/mol. The first-order chi connectivity index (χ1) is 11.4. The Labute approximate surface area is 168 Å². The van der Waals surface area contributed by atoms with Crippen LogP contribution in [0.4, 0.5) is 0 Å². The Morgan fingerprint density at radius 2 is 2.08 bits per heavy atom. The van der Waals surface area contributed by atoms with Gasteiger partial charge in [-0.1, -0.05) is 13.8 Å². The van der Waals surface area contributed by atoms with Crippen LogP contribution in [0.25, 0.3) is 0 Å². The van der Waals surface area contributed by atoms with Crippen molar-refractivity contribution in [1.29, 1.82) is 0 Å². The number of nitrogens with one attached hydrogen (secondary N) is 2. The minimum absolute atomic E-state index is 0. The van der Waals surface area contributed by atoms with E-state index >= 15 is 0 Å². The van der Waals surface area contributed by atoms with Gasteiger partial charge in [-0.05, 0) is 45.2 Å². The van der Waals surface area contributed by atoms with Crippen molar-refractivity contribution in [2.45, 2.75) is 52.7 Å². The molecule has 0 bridgehead atoms. The average Bonchev–Trinajstić information content (AvgIpc) is 3.07. The molecule has 0 aliphatic rings. The van der Waals surface area contributed by atoms with Gasteiger partial charge < -0.3 is 24.9 Å². The monoisotopic (exact) mass is 467 g/mol. The highest BCUT2D eigenvalue weighted by Gasteiger charge is 2.26. The maximum Gasteiger partial charge on any atom is 0.191 e. The van der Waals surface area contributed by atoms with E-state index in [4.69, 9.17) is 9.15 Å². The minimum atomic E-state index is -1.13. The number of aliphatic imine (C=N–C) groups is 1. The van der Waals surface area contributed by atoms with Crippen molar-refractivity contribution >= 4 is 29.9 Å². The van der Waals surface area contributed by atoms with Gasteiger partial charge in [-0.2, -0.15) is 0 Å². The third-order valence-corrected chi connectivity index (χ3v) is 3.79. The number of guanidine groups is 1. The van der Waals surface area contributed by atoms with Crippen LogP contribution in [0.3, 0.4) is 0 Å². The summed E-state index contributed by atoms with van der Waals surface area (Å²) in [6, 6.07) is 3.52. The molecule has 25 heavy (non-hydrogen) atoms. The van der Waals surface area contributed by atoms with Crippen molar-refractivity contribution in [2.24, 2.45) is 10.9 Å². The third-order valence-electron chi connectivity index (χ3n) is 3.79. The number of furan rings is 1. The molecule has 0 spiro atoms. The van der Waals surface area contributed by atoms with Crippen LogP contribution in [0.15, 0.2) is 27.8 Å². The second kappa shape index (κ2) is 12.5. The molecule has 2 unspecified atom stereocenters. The summed E-state index contributed by atoms with van der Waals surface area (Å²) >= 11 is 0. The van der Waals surface area contributed by atoms with Crippen LogP contribution < -0.4 is 10.6 Å². The van der Waals surface area contributed by atoms with Gasteiger partial charge in [0, 0.05) is 19.7 Å². The molecule has 1 aromatic rings. The van der Waals surface area contributed by atoms with Gasteiger partial charge in [0.05, 0.1) is 18.9 Å². The van der Waals surface area contributed by atoms with Gasteiger partial charge in [0.2, 0.25) is 0 Å². The lowest BCUT2D eigenvalue weighted by Gasteiger charge is -2.22. The number of rotatable bonds is 10. The second-order valence-electron chi connectivity index (χ2n) is 6.40. The molecule has 1 rings (SSSR count). The molecule has 7 heteroatoms. The molecule has 1 aromatic heterocycles. The summed E-state index contributed by atoms with van der Waals surface area (Å²) in [4.78, 5) is 4.47. The fourth-order valence-corrected chi connectivity index (χ4v) is 2.39. The Morgan fingerprint density at radius 1 is 1.36 bits per heavy atom. The van der Waals surface area contributed by atoms with Crippen molar-refractivity contribution in [3.05, 3.63) is 24.2 Å². The molecule has 146 valence electrons. The van der Waals surface area contributed by atoms with Crippen LogP contribution >= 0.6 is 24.0 Å². The van der Waals surface area contributed by atoms with Crippen molar-refractivity contribution < 1.29 is 14.3 Å². The van der Waals surface area contributed by atoms with Crippen molar-refractivity contribution in [3.63, 3.8) is 0 Å². The highest BCUT2D eigenvalue weighted by molar-refractivity contribution is 14.0. The molecule has 3 N–H and O–H groups in total. The molecule has 0 amide bonds. The number of hydrogen-bond donors (Lipinski definition) is 3. The van der Waals surface area contributed by atoms with E-state index in [1.54, 1.807) is 25.3 Å². The number of ether oxygens (including phenoxy) is 1. The third kappa shape index (κ3) is 8.91. The molecule has 0 fully saturated rings. The first-order valence-corrected chi connectivity index (χ1v) is 8.80. The normalized spacial score (nSPS) is 15.4. The predicted octanol–water partition coefficient (Wildman–Crippen LogP) is 3.11. The summed E-state index contributed by atoms with van der Waals surface area (Å²) in [6.07, 6.45) is 2.69. The van der Waals surface area contributed by atoms with Crippen molar-refractivity contribution in [2.75, 3.05) is 26.2 Å². The molecule has 2 atom stereocenters. The Bertz CT molecular complexity index is 476. The highest BCUT2D eigenvalue weighted by Crippen LogP contribution is 2.21. The smallest absolute Gasteiger partial charge is 0.191 e. The van der Waals surface area contributed by atoms with E-state index < -0.39 is 5.60 Å². The Balaban J connectivity index is 0.00000576. The lowest BCUT2D eigenvalue weighted by molar-refractivity contribution is 0.0257. The largest absolute Gasteiger partial charge is 0.466 e. The topological polar surface area (TPSA) is 79.0 Å². The average molecular weight is 467 g/mol. The molecule has 0 aliphatic carbocycles. The van der Waals surface area contributed by atoms with E-state index in [0.29, 0.717) is 17.6 Å². The lowest BCUT2D eigenvalue weighted by Crippen LogP contribution is -2.40. The van der Waals surface area contributed by atoms with E-state index in [1.807, 2.05) is 13.8 Å². The van der Waals surface area contributed by atoms with Crippen LogP contribution in [0.1, 0.15) is 46.8 Å². The van der Waals surface area contributed by atoms with Crippen LogP contribution in [0.5, 0.6) is 0 Å². The molecule has 0 saturated carbocycles. The van der Waals surface area contributed by atoms with Crippen LogP contribution in [-0.4, -0.2) is 43.4 Å². The van der Waals surface area contributed by atoms with Gasteiger partial charge in [-0.3, -0.25) is 0 Å². The van der Waals surface area contributed by atoms with E-state index in [-0.39, 0.29) is 36.6 Å². The Hall–Kier alpha value is -0.800. The van der Waals surface area contributed by atoms with Gasteiger partial charge in [0.25, 0.3) is 0 Å². The molecule has 0 radical (unpaired) electrons. The molecule has 1 heterocycles.